The number of hydrogen-bond donors (Lipinski definition) is 29. The number of Topliss-reactive ketones (excluding diaryl/α,β-unsaturated/α-hetero) is 1. The average Bonchev–Trinajstić information content (AvgIpc) is 1.23. The summed E-state index contributed by atoms with van der Waals surface area (Å²) in [7, 11) is 0. The maximum absolute atomic E-state index is 15.4. The highest BCUT2D eigenvalue weighted by atomic mass is 16.8. The molecule has 9 atom stereocenters. The van der Waals surface area contributed by atoms with E-state index in [1.54, 1.807) is 0 Å². The third-order valence-electron chi connectivity index (χ3n) is 20.5. The number of ether oxygens (including phenoxy) is 13. The Kier molecular flexibility index (Phi) is 23.1. The molecule has 0 aromatic heterocycles. The Morgan fingerprint density at radius 2 is 0.694 bits per heavy atom. The van der Waals surface area contributed by atoms with Crippen molar-refractivity contribution in [3.05, 3.63) is 147 Å². The van der Waals surface area contributed by atoms with Gasteiger partial charge in [0.1, 0.15) is 37.1 Å². The van der Waals surface area contributed by atoms with E-state index in [9.17, 15) is 177 Å². The zero-order valence-corrected chi connectivity index (χ0v) is 65.8. The van der Waals surface area contributed by atoms with Crippen molar-refractivity contribution in [2.24, 2.45) is 0 Å². The van der Waals surface area contributed by atoms with Gasteiger partial charge in [-0.3, -0.25) is 4.79 Å². The van der Waals surface area contributed by atoms with E-state index in [4.69, 9.17) is 61.6 Å². The summed E-state index contributed by atoms with van der Waals surface area (Å²) in [4.78, 5) is 148. The van der Waals surface area contributed by atoms with Crippen molar-refractivity contribution in [3.63, 3.8) is 0 Å². The Hall–Kier alpha value is -19.0. The summed E-state index contributed by atoms with van der Waals surface area (Å²) in [6.07, 6.45) is -23.4. The van der Waals surface area contributed by atoms with E-state index in [0.29, 0.717) is 66.7 Å². The van der Waals surface area contributed by atoms with Crippen molar-refractivity contribution in [2.45, 2.75) is 55.0 Å². The van der Waals surface area contributed by atoms with E-state index >= 15 is 19.2 Å². The number of esters is 9. The van der Waals surface area contributed by atoms with E-state index < -0.39 is 390 Å². The molecule has 10 aromatic rings. The lowest BCUT2D eigenvalue weighted by atomic mass is 9.90. The molecule has 134 heavy (non-hydrogen) atoms. The molecule has 0 amide bonds. The number of fused-ring (bicyclic) bond motifs is 7. The molecule has 0 saturated carbocycles. The number of cyclic esters (lactones) is 1. The number of ketones is 1. The Morgan fingerprint density at radius 3 is 1.17 bits per heavy atom. The van der Waals surface area contributed by atoms with Crippen LogP contribution in [0.25, 0.3) is 22.3 Å². The predicted molar refractivity (Wildman–Crippen MR) is 415 cm³/mol. The van der Waals surface area contributed by atoms with Crippen molar-refractivity contribution in [2.75, 3.05) is 19.8 Å². The van der Waals surface area contributed by atoms with E-state index in [1.807, 2.05) is 0 Å². The minimum Gasteiger partial charge on any atom is -0.504 e. The van der Waals surface area contributed by atoms with Crippen LogP contribution < -0.4 is 4.74 Å². The van der Waals surface area contributed by atoms with Crippen LogP contribution in [0, 0.1) is 0 Å². The van der Waals surface area contributed by atoms with Gasteiger partial charge < -0.3 is 210 Å². The molecule has 14 rings (SSSR count). The monoisotopic (exact) mass is 1870 g/mol. The van der Waals surface area contributed by atoms with Gasteiger partial charge in [-0.05, 0) is 78.9 Å². The van der Waals surface area contributed by atoms with Gasteiger partial charge in [0, 0.05) is 39.9 Å². The number of aromatic hydroxyl groups is 29. The first-order valence-corrected chi connectivity index (χ1v) is 37.0. The van der Waals surface area contributed by atoms with Crippen LogP contribution in [0.5, 0.6) is 178 Å². The summed E-state index contributed by atoms with van der Waals surface area (Å²) >= 11 is 0. The number of phenolic OH excluding ortho intramolecular Hbond substituents is 29. The van der Waals surface area contributed by atoms with Crippen LogP contribution >= 0.6 is 0 Å². The molecule has 52 nitrogen and oxygen atoms in total. The smallest absolute Gasteiger partial charge is 0.344 e. The molecule has 0 unspecified atom stereocenters. The van der Waals surface area contributed by atoms with E-state index in [2.05, 4.69) is 0 Å². The van der Waals surface area contributed by atoms with Gasteiger partial charge in [0.2, 0.25) is 71.1 Å². The SMILES string of the molecule is O=C(O[C@@H]1O[C@@H]2COC(=O)c3cc(Oc4c(C(=O)O[C@@H]5OC[C@]6(OCC(=O)c7cc(O)c(O)c(O)c7-c7c(cc(O)c(O)c7O)C(=O)O6)[C@H](OC(=O)c6ccc(O)c(O)c6O)[C@@H]5OC(=O)c5cc(O)c(O)c(O)c5)cc(O)c(O)c4O)c(O)c(O)c3-c3c(cc(O)c(O)c3O)C(=O)O[C@H]2[C@@H](OC(=O)c2cc(O)c(O)c(O)c2)[C@H]1OC(=O)c1cc(O)c(O)c(O)c1)c1cc(O)c(O)c(O)c1. The summed E-state index contributed by atoms with van der Waals surface area (Å²) in [5.41, 5.74) is -17.8. The van der Waals surface area contributed by atoms with E-state index in [-0.39, 0.29) is 24.3 Å². The van der Waals surface area contributed by atoms with Crippen LogP contribution in [0.2, 0.25) is 0 Å². The molecule has 4 heterocycles. The van der Waals surface area contributed by atoms with Gasteiger partial charge in [0.25, 0.3) is 5.79 Å². The Bertz CT molecular complexity index is 6680. The molecule has 10 aromatic carbocycles. The lowest BCUT2D eigenvalue weighted by Crippen LogP contribution is -2.67. The number of carbonyl (C=O) groups is 10. The van der Waals surface area contributed by atoms with Gasteiger partial charge in [0.05, 0.1) is 38.9 Å². The minimum atomic E-state index is -3.72. The summed E-state index contributed by atoms with van der Waals surface area (Å²) in [5.74, 6) is -69.8. The van der Waals surface area contributed by atoms with Gasteiger partial charge in [-0.25, -0.2) is 43.2 Å². The van der Waals surface area contributed by atoms with Gasteiger partial charge >= 0.3 is 53.7 Å². The van der Waals surface area contributed by atoms with Gasteiger partial charge in [0.15, 0.2) is 156 Å². The van der Waals surface area contributed by atoms with Crippen LogP contribution in [0.3, 0.4) is 0 Å². The Balaban J connectivity index is 0.894. The summed E-state index contributed by atoms with van der Waals surface area (Å²) < 4.78 is 74.5. The van der Waals surface area contributed by atoms with Crippen LogP contribution in [-0.2, 0) is 56.8 Å². The van der Waals surface area contributed by atoms with E-state index in [1.165, 1.54) is 0 Å². The molecule has 0 bridgehead atoms. The van der Waals surface area contributed by atoms with Crippen molar-refractivity contribution < 1.29 is 258 Å². The molecule has 2 saturated heterocycles. The fourth-order valence-corrected chi connectivity index (χ4v) is 13.9. The third kappa shape index (κ3) is 16.0. The number of rotatable bonds is 14. The van der Waals surface area contributed by atoms with Crippen LogP contribution in [0.1, 0.15) is 104 Å². The second kappa shape index (κ2) is 34.0. The molecule has 698 valence electrons. The minimum absolute atomic E-state index is 0.0783. The molecule has 1 spiro atoms. The summed E-state index contributed by atoms with van der Waals surface area (Å²) in [6.45, 7) is -5.25. The third-order valence-corrected chi connectivity index (χ3v) is 20.5. The van der Waals surface area contributed by atoms with Crippen molar-refractivity contribution in [1.29, 1.82) is 0 Å². The molecule has 0 radical (unpaired) electrons. The quantitative estimate of drug-likeness (QED) is 0.0419. The topological polar surface area (TPSA) is 877 Å². The fraction of sp³-hybridized carbons (Fsp3) is 0.146. The number of phenols is 29. The zero-order chi connectivity index (χ0) is 97.8. The highest BCUT2D eigenvalue weighted by molar-refractivity contribution is 6.12. The highest BCUT2D eigenvalue weighted by Crippen LogP contribution is 2.59. The van der Waals surface area contributed by atoms with Crippen LogP contribution in [0.4, 0.5) is 0 Å². The molecule has 2 fully saturated rings. The molecule has 52 heteroatoms. The molecule has 4 aliphatic rings. The highest BCUT2D eigenvalue weighted by Gasteiger charge is 2.62. The molecule has 29 N–H and O–H groups in total. The number of hydrogen-bond acceptors (Lipinski definition) is 52. The number of benzene rings is 10. The number of carbonyl (C=O) groups excluding carboxylic acids is 10. The Morgan fingerprint density at radius 1 is 0.321 bits per heavy atom. The van der Waals surface area contributed by atoms with Crippen molar-refractivity contribution >= 4 is 59.5 Å². The fourth-order valence-electron chi connectivity index (χ4n) is 13.9. The summed E-state index contributed by atoms with van der Waals surface area (Å²) in [5, 5.41) is 316. The first-order chi connectivity index (χ1) is 63.0. The summed E-state index contributed by atoms with van der Waals surface area (Å²) in [6, 6.07) is 5.20. The predicted octanol–water partition coefficient (Wildman–Crippen LogP) is 3.73. The van der Waals surface area contributed by atoms with Crippen molar-refractivity contribution in [1.82, 2.24) is 0 Å². The van der Waals surface area contributed by atoms with Gasteiger partial charge in [-0.15, -0.1) is 0 Å². The molecule has 4 aliphatic heterocycles. The van der Waals surface area contributed by atoms with Crippen LogP contribution in [0.15, 0.2) is 91.0 Å². The first kappa shape index (κ1) is 91.2. The first-order valence-electron chi connectivity index (χ1n) is 37.0. The zero-order valence-electron chi connectivity index (χ0n) is 65.8. The molecular weight excluding hydrogens is 1820 g/mol. The normalized spacial score (nSPS) is 19.1. The molecular formula is C82H58O52. The second-order valence-electron chi connectivity index (χ2n) is 28.7. The standard InChI is InChI=1S/C82H58O52/c83-29-2-1-23(49(97)54(29)102)76(118)131-70-69(130-73(115)21-7-34(88)52(100)35(89)8-21)80(123-18-82(70)124-16-42(96)24-11-38(92)55(103)60(108)45(24)47-26(79(121)134-82)13-40(94)57(105)62(47)110)133-78(120)28-14-41(95)58(106)64(112)65(28)125-43-15-27-48(63(111)59(43)107)46-25(12-39(93)56(104)61(46)109)77(119)127-66-44(17-122-75(27)117)126-81(132-74(116)22-9-36(90)53(101)37(91)10-22)68(129-72(114)20-5-32(86)51(99)33(87)6-20)67(66)128-71(113)19-3-30(84)50(98)31(85)4-19/h1-15,44,66-70,80-81,83-95,97-112H,16-18H2/t44-,66-,67-,68-,69+,70-,80+,81+,82-/m1/s1. The lowest BCUT2D eigenvalue weighted by molar-refractivity contribution is -0.351. The molecule has 0 aliphatic carbocycles. The van der Waals surface area contributed by atoms with Crippen LogP contribution in [-0.4, -0.2) is 282 Å². The van der Waals surface area contributed by atoms with Gasteiger partial charge in [-0.2, -0.15) is 0 Å². The second-order valence-corrected chi connectivity index (χ2v) is 28.7. The maximum atomic E-state index is 15.4. The van der Waals surface area contributed by atoms with Gasteiger partial charge in [-0.1, -0.05) is 0 Å². The largest absolute Gasteiger partial charge is 0.504 e. The maximum Gasteiger partial charge on any atom is 0.344 e. The lowest BCUT2D eigenvalue weighted by Gasteiger charge is -2.46. The average molecular weight is 1880 g/mol. The van der Waals surface area contributed by atoms with Crippen molar-refractivity contribution in [3.8, 4) is 200 Å². The Labute approximate surface area is 736 Å². The van der Waals surface area contributed by atoms with E-state index in [0.717, 1.165) is 0 Å².